The van der Waals surface area contributed by atoms with Crippen LogP contribution in [0.2, 0.25) is 0 Å². The number of rotatable bonds is 4. The molecule has 4 nitrogen and oxygen atoms in total. The van der Waals surface area contributed by atoms with Crippen molar-refractivity contribution in [3.63, 3.8) is 0 Å². The lowest BCUT2D eigenvalue weighted by Gasteiger charge is -2.23. The van der Waals surface area contributed by atoms with Crippen LogP contribution < -0.4 is 4.90 Å². The Hall–Kier alpha value is -2.43. The van der Waals surface area contributed by atoms with E-state index in [1.165, 1.54) is 18.3 Å². The smallest absolute Gasteiger partial charge is 0.354 e. The van der Waals surface area contributed by atoms with E-state index in [-0.39, 0.29) is 11.5 Å². The Kier molecular flexibility index (Phi) is 3.75. The molecule has 0 unspecified atom stereocenters. The van der Waals surface area contributed by atoms with Crippen LogP contribution in [0.3, 0.4) is 0 Å². The number of halogens is 1. The zero-order valence-corrected chi connectivity index (χ0v) is 10.4. The number of nitrogens with zero attached hydrogens (tertiary/aromatic N) is 2. The maximum atomic E-state index is 13.8. The minimum atomic E-state index is -1.11. The van der Waals surface area contributed by atoms with Gasteiger partial charge in [-0.15, -0.1) is 0 Å². The number of aromatic carboxylic acids is 1. The standard InChI is InChI=1S/C14H13FN2O2/c1-2-17(13-6-4-3-5-11(13)15)10-7-8-16-12(9-10)14(18)19/h3-9H,2H2,1H3,(H,18,19). The fraction of sp³-hybridized carbons (Fsp3) is 0.143. The van der Waals surface area contributed by atoms with Crippen LogP contribution >= 0.6 is 0 Å². The maximum Gasteiger partial charge on any atom is 0.354 e. The second kappa shape index (κ2) is 5.48. The Labute approximate surface area is 110 Å². The van der Waals surface area contributed by atoms with E-state index in [1.807, 2.05) is 6.92 Å². The molecule has 19 heavy (non-hydrogen) atoms. The van der Waals surface area contributed by atoms with Crippen molar-refractivity contribution in [3.8, 4) is 0 Å². The predicted molar refractivity (Wildman–Crippen MR) is 70.3 cm³/mol. The molecule has 0 saturated carbocycles. The number of para-hydroxylation sites is 1. The number of hydrogen-bond acceptors (Lipinski definition) is 3. The zero-order chi connectivity index (χ0) is 13.8. The van der Waals surface area contributed by atoms with E-state index < -0.39 is 5.97 Å². The van der Waals surface area contributed by atoms with E-state index in [0.29, 0.717) is 17.9 Å². The number of pyridine rings is 1. The molecule has 2 aromatic rings. The van der Waals surface area contributed by atoms with E-state index >= 15 is 0 Å². The molecule has 0 aliphatic heterocycles. The number of carboxylic acids is 1. The summed E-state index contributed by atoms with van der Waals surface area (Å²) in [6.45, 7) is 2.39. The topological polar surface area (TPSA) is 53.4 Å². The molecule has 0 aliphatic rings. The van der Waals surface area contributed by atoms with Crippen LogP contribution in [-0.4, -0.2) is 22.6 Å². The Bertz CT molecular complexity index is 602. The number of benzene rings is 1. The van der Waals surface area contributed by atoms with Gasteiger partial charge >= 0.3 is 5.97 Å². The Morgan fingerprint density at radius 3 is 2.74 bits per heavy atom. The van der Waals surface area contributed by atoms with Gasteiger partial charge in [0.15, 0.2) is 0 Å². The van der Waals surface area contributed by atoms with Crippen molar-refractivity contribution in [3.05, 3.63) is 54.1 Å². The highest BCUT2D eigenvalue weighted by Gasteiger charge is 2.13. The summed E-state index contributed by atoms with van der Waals surface area (Å²) in [6.07, 6.45) is 1.41. The van der Waals surface area contributed by atoms with Crippen molar-refractivity contribution in [2.24, 2.45) is 0 Å². The van der Waals surface area contributed by atoms with Gasteiger partial charge in [0.25, 0.3) is 0 Å². The fourth-order valence-electron chi connectivity index (χ4n) is 1.87. The number of carbonyl (C=O) groups is 1. The quantitative estimate of drug-likeness (QED) is 0.917. The fourth-order valence-corrected chi connectivity index (χ4v) is 1.87. The summed E-state index contributed by atoms with van der Waals surface area (Å²) >= 11 is 0. The lowest BCUT2D eigenvalue weighted by Crippen LogP contribution is -2.18. The summed E-state index contributed by atoms with van der Waals surface area (Å²) in [7, 11) is 0. The van der Waals surface area contributed by atoms with Crippen molar-refractivity contribution in [1.29, 1.82) is 0 Å². The van der Waals surface area contributed by atoms with E-state index in [2.05, 4.69) is 4.98 Å². The van der Waals surface area contributed by atoms with Gasteiger partial charge in [0.05, 0.1) is 5.69 Å². The lowest BCUT2D eigenvalue weighted by atomic mass is 10.2. The Morgan fingerprint density at radius 2 is 2.11 bits per heavy atom. The molecule has 0 aliphatic carbocycles. The van der Waals surface area contributed by atoms with Gasteiger partial charge in [-0.05, 0) is 31.2 Å². The molecule has 1 heterocycles. The first kappa shape index (κ1) is 13.0. The second-order valence-electron chi connectivity index (χ2n) is 3.90. The Morgan fingerprint density at radius 1 is 1.37 bits per heavy atom. The van der Waals surface area contributed by atoms with E-state index in [1.54, 1.807) is 29.2 Å². The lowest BCUT2D eigenvalue weighted by molar-refractivity contribution is 0.0690. The van der Waals surface area contributed by atoms with Crippen LogP contribution in [0.5, 0.6) is 0 Å². The van der Waals surface area contributed by atoms with E-state index in [0.717, 1.165) is 0 Å². The van der Waals surface area contributed by atoms with Crippen molar-refractivity contribution in [2.45, 2.75) is 6.92 Å². The molecule has 0 saturated heterocycles. The summed E-state index contributed by atoms with van der Waals surface area (Å²) in [4.78, 5) is 16.4. The van der Waals surface area contributed by atoms with Gasteiger partial charge in [-0.2, -0.15) is 0 Å². The third-order valence-corrected chi connectivity index (χ3v) is 2.73. The zero-order valence-electron chi connectivity index (χ0n) is 10.4. The molecule has 98 valence electrons. The average molecular weight is 260 g/mol. The van der Waals surface area contributed by atoms with Crippen LogP contribution in [-0.2, 0) is 0 Å². The molecule has 1 N–H and O–H groups in total. The monoisotopic (exact) mass is 260 g/mol. The van der Waals surface area contributed by atoms with Gasteiger partial charge in [-0.1, -0.05) is 12.1 Å². The molecule has 0 fully saturated rings. The summed E-state index contributed by atoms with van der Waals surface area (Å²) in [6, 6.07) is 9.46. The largest absolute Gasteiger partial charge is 0.477 e. The molecule has 0 spiro atoms. The SMILES string of the molecule is CCN(c1ccnc(C(=O)O)c1)c1ccccc1F. The van der Waals surface area contributed by atoms with Crippen molar-refractivity contribution >= 4 is 17.3 Å². The molecular weight excluding hydrogens is 247 g/mol. The van der Waals surface area contributed by atoms with Gasteiger partial charge < -0.3 is 10.0 Å². The van der Waals surface area contributed by atoms with Crippen LogP contribution in [0, 0.1) is 5.82 Å². The van der Waals surface area contributed by atoms with Crippen LogP contribution in [0.4, 0.5) is 15.8 Å². The predicted octanol–water partition coefficient (Wildman–Crippen LogP) is 3.08. The highest BCUT2D eigenvalue weighted by atomic mass is 19.1. The first-order chi connectivity index (χ1) is 9.13. The van der Waals surface area contributed by atoms with Gasteiger partial charge in [-0.25, -0.2) is 14.2 Å². The molecule has 0 radical (unpaired) electrons. The summed E-state index contributed by atoms with van der Waals surface area (Å²) < 4.78 is 13.8. The van der Waals surface area contributed by atoms with Gasteiger partial charge in [0.2, 0.25) is 0 Å². The molecule has 0 atom stereocenters. The van der Waals surface area contributed by atoms with Crippen LogP contribution in [0.25, 0.3) is 0 Å². The van der Waals surface area contributed by atoms with E-state index in [9.17, 15) is 9.18 Å². The van der Waals surface area contributed by atoms with Crippen molar-refractivity contribution < 1.29 is 14.3 Å². The summed E-state index contributed by atoms with van der Waals surface area (Å²) in [5.74, 6) is -1.45. The van der Waals surface area contributed by atoms with Gasteiger partial charge in [0.1, 0.15) is 11.5 Å². The molecular formula is C14H13FN2O2. The molecule has 1 aromatic carbocycles. The van der Waals surface area contributed by atoms with Crippen LogP contribution in [0.15, 0.2) is 42.6 Å². The molecule has 0 amide bonds. The first-order valence-electron chi connectivity index (χ1n) is 5.85. The maximum absolute atomic E-state index is 13.8. The number of aromatic nitrogens is 1. The normalized spacial score (nSPS) is 10.2. The third-order valence-electron chi connectivity index (χ3n) is 2.73. The van der Waals surface area contributed by atoms with Gasteiger partial charge in [-0.3, -0.25) is 0 Å². The highest BCUT2D eigenvalue weighted by Crippen LogP contribution is 2.27. The Balaban J connectivity index is 2.45. The number of anilines is 2. The summed E-state index contributed by atoms with van der Waals surface area (Å²) in [5.41, 5.74) is 0.944. The molecule has 5 heteroatoms. The second-order valence-corrected chi connectivity index (χ2v) is 3.90. The number of hydrogen-bond donors (Lipinski definition) is 1. The first-order valence-corrected chi connectivity index (χ1v) is 5.85. The highest BCUT2D eigenvalue weighted by molar-refractivity contribution is 5.86. The average Bonchev–Trinajstić information content (AvgIpc) is 2.42. The molecule has 2 rings (SSSR count). The van der Waals surface area contributed by atoms with Crippen molar-refractivity contribution in [1.82, 2.24) is 4.98 Å². The third kappa shape index (κ3) is 2.70. The van der Waals surface area contributed by atoms with E-state index in [4.69, 9.17) is 5.11 Å². The minimum absolute atomic E-state index is 0.0627. The number of carboxylic acid groups (broad SMARTS) is 1. The molecule has 0 bridgehead atoms. The minimum Gasteiger partial charge on any atom is -0.477 e. The van der Waals surface area contributed by atoms with Crippen LogP contribution in [0.1, 0.15) is 17.4 Å². The summed E-state index contributed by atoms with van der Waals surface area (Å²) in [5, 5.41) is 8.93. The van der Waals surface area contributed by atoms with Gasteiger partial charge in [0, 0.05) is 18.4 Å². The van der Waals surface area contributed by atoms with Crippen molar-refractivity contribution in [2.75, 3.05) is 11.4 Å². The molecule has 1 aromatic heterocycles.